The van der Waals surface area contributed by atoms with E-state index < -0.39 is 0 Å². The van der Waals surface area contributed by atoms with Crippen LogP contribution in [0.15, 0.2) is 0 Å². The van der Waals surface area contributed by atoms with E-state index in [0.717, 1.165) is 25.2 Å². The molecule has 0 aliphatic heterocycles. The Morgan fingerprint density at radius 3 is 2.60 bits per heavy atom. The van der Waals surface area contributed by atoms with Crippen molar-refractivity contribution in [1.29, 1.82) is 0 Å². The predicted molar refractivity (Wildman–Crippen MR) is 88.2 cm³/mol. The molecule has 2 nitrogen and oxygen atoms in total. The van der Waals surface area contributed by atoms with Gasteiger partial charge in [-0.3, -0.25) is 0 Å². The molecule has 2 unspecified atom stereocenters. The van der Waals surface area contributed by atoms with Crippen molar-refractivity contribution in [2.75, 3.05) is 0 Å². The van der Waals surface area contributed by atoms with Crippen molar-refractivity contribution < 1.29 is 0 Å². The van der Waals surface area contributed by atoms with Gasteiger partial charge in [-0.1, -0.05) is 47.5 Å². The van der Waals surface area contributed by atoms with Crippen molar-refractivity contribution in [2.24, 2.45) is 17.6 Å². The van der Waals surface area contributed by atoms with Gasteiger partial charge in [0, 0.05) is 4.88 Å². The van der Waals surface area contributed by atoms with Crippen LogP contribution in [-0.4, -0.2) is 4.98 Å². The van der Waals surface area contributed by atoms with Gasteiger partial charge in [0.2, 0.25) is 0 Å². The fourth-order valence-electron chi connectivity index (χ4n) is 3.35. The Labute approximate surface area is 128 Å². The molecule has 0 aromatic carbocycles. The van der Waals surface area contributed by atoms with Crippen LogP contribution in [0.1, 0.15) is 81.8 Å². The van der Waals surface area contributed by atoms with Crippen LogP contribution in [0.4, 0.5) is 0 Å². The molecule has 2 rings (SSSR count). The SMILES string of the molecule is CC(C)Cc1nc(C2(N)CCCC(C)C2)sc1C(C)C. The molecule has 114 valence electrons. The largest absolute Gasteiger partial charge is 0.319 e. The molecule has 1 aliphatic carbocycles. The first-order chi connectivity index (χ1) is 9.32. The lowest BCUT2D eigenvalue weighted by atomic mass is 9.77. The summed E-state index contributed by atoms with van der Waals surface area (Å²) < 4.78 is 0. The van der Waals surface area contributed by atoms with Gasteiger partial charge < -0.3 is 5.73 Å². The topological polar surface area (TPSA) is 38.9 Å². The third kappa shape index (κ3) is 3.43. The summed E-state index contributed by atoms with van der Waals surface area (Å²) >= 11 is 1.88. The summed E-state index contributed by atoms with van der Waals surface area (Å²) in [5.41, 5.74) is 7.87. The number of hydrogen-bond acceptors (Lipinski definition) is 3. The van der Waals surface area contributed by atoms with Gasteiger partial charge in [0.25, 0.3) is 0 Å². The van der Waals surface area contributed by atoms with Crippen LogP contribution >= 0.6 is 11.3 Å². The van der Waals surface area contributed by atoms with Gasteiger partial charge in [-0.15, -0.1) is 11.3 Å². The van der Waals surface area contributed by atoms with E-state index in [4.69, 9.17) is 10.7 Å². The fraction of sp³-hybridized carbons (Fsp3) is 0.824. The van der Waals surface area contributed by atoms with Crippen molar-refractivity contribution in [3.05, 3.63) is 15.6 Å². The van der Waals surface area contributed by atoms with Gasteiger partial charge in [-0.25, -0.2) is 4.98 Å². The van der Waals surface area contributed by atoms with Crippen LogP contribution in [0, 0.1) is 11.8 Å². The summed E-state index contributed by atoms with van der Waals surface area (Å²) in [4.78, 5) is 6.45. The van der Waals surface area contributed by atoms with Gasteiger partial charge >= 0.3 is 0 Å². The molecule has 1 aromatic heterocycles. The molecule has 0 spiro atoms. The maximum atomic E-state index is 6.73. The minimum absolute atomic E-state index is 0.165. The Morgan fingerprint density at radius 1 is 1.35 bits per heavy atom. The Hall–Kier alpha value is -0.410. The first-order valence-corrected chi connectivity index (χ1v) is 8.92. The quantitative estimate of drug-likeness (QED) is 0.864. The van der Waals surface area contributed by atoms with Crippen molar-refractivity contribution in [3.8, 4) is 0 Å². The zero-order chi connectivity index (χ0) is 14.9. The van der Waals surface area contributed by atoms with Crippen molar-refractivity contribution in [1.82, 2.24) is 4.98 Å². The second-order valence-corrected chi connectivity index (χ2v) is 8.47. The van der Waals surface area contributed by atoms with E-state index in [2.05, 4.69) is 34.6 Å². The minimum atomic E-state index is -0.165. The van der Waals surface area contributed by atoms with Crippen LogP contribution in [0.3, 0.4) is 0 Å². The average Bonchev–Trinajstić information content (AvgIpc) is 2.72. The Kier molecular flexibility index (Phi) is 4.91. The van der Waals surface area contributed by atoms with E-state index in [9.17, 15) is 0 Å². The smallest absolute Gasteiger partial charge is 0.113 e. The number of nitrogens with zero attached hydrogens (tertiary/aromatic N) is 1. The summed E-state index contributed by atoms with van der Waals surface area (Å²) in [5, 5.41) is 1.20. The third-order valence-electron chi connectivity index (χ3n) is 4.31. The Balaban J connectivity index is 2.32. The monoisotopic (exact) mass is 294 g/mol. The summed E-state index contributed by atoms with van der Waals surface area (Å²) in [6.45, 7) is 11.4. The number of thiazole rings is 1. The van der Waals surface area contributed by atoms with E-state index in [1.54, 1.807) is 0 Å². The molecule has 1 heterocycles. The molecule has 1 aromatic rings. The van der Waals surface area contributed by atoms with E-state index in [-0.39, 0.29) is 5.54 Å². The third-order valence-corrected chi connectivity index (χ3v) is 5.93. The highest BCUT2D eigenvalue weighted by molar-refractivity contribution is 7.12. The summed E-state index contributed by atoms with van der Waals surface area (Å²) in [5.74, 6) is 1.94. The normalized spacial score (nSPS) is 27.5. The van der Waals surface area contributed by atoms with Gasteiger partial charge in [0.05, 0.1) is 11.2 Å². The van der Waals surface area contributed by atoms with Gasteiger partial charge in [-0.2, -0.15) is 0 Å². The fourth-order valence-corrected chi connectivity index (χ4v) is 4.58. The molecule has 1 fully saturated rings. The molecule has 2 atom stereocenters. The van der Waals surface area contributed by atoms with Gasteiger partial charge in [0.15, 0.2) is 0 Å². The van der Waals surface area contributed by atoms with E-state index in [1.165, 1.54) is 28.4 Å². The standard InChI is InChI=1S/C17H30N2S/c1-11(2)9-14-15(12(3)4)20-16(19-14)17(18)8-6-7-13(5)10-17/h11-13H,6-10,18H2,1-5H3. The lowest BCUT2D eigenvalue weighted by Gasteiger charge is -2.35. The number of hydrogen-bond donors (Lipinski definition) is 1. The zero-order valence-electron chi connectivity index (χ0n) is 13.7. The summed E-state index contributed by atoms with van der Waals surface area (Å²) in [7, 11) is 0. The number of nitrogens with two attached hydrogens (primary N) is 1. The zero-order valence-corrected chi connectivity index (χ0v) is 14.5. The van der Waals surface area contributed by atoms with Crippen LogP contribution in [0.25, 0.3) is 0 Å². The number of aromatic nitrogens is 1. The molecule has 0 bridgehead atoms. The number of rotatable bonds is 4. The van der Waals surface area contributed by atoms with E-state index >= 15 is 0 Å². The van der Waals surface area contributed by atoms with Crippen molar-refractivity contribution in [2.45, 2.75) is 78.2 Å². The molecule has 20 heavy (non-hydrogen) atoms. The van der Waals surface area contributed by atoms with Crippen LogP contribution in [0.2, 0.25) is 0 Å². The molecule has 0 radical (unpaired) electrons. The molecular formula is C17H30N2S. The predicted octanol–water partition coefficient (Wildman–Crippen LogP) is 4.83. The highest BCUT2D eigenvalue weighted by Crippen LogP contribution is 2.41. The summed E-state index contributed by atoms with van der Waals surface area (Å²) in [6.07, 6.45) is 5.84. The highest BCUT2D eigenvalue weighted by Gasteiger charge is 2.36. The average molecular weight is 295 g/mol. The molecule has 1 saturated carbocycles. The van der Waals surface area contributed by atoms with Gasteiger partial charge in [0.1, 0.15) is 5.01 Å². The molecular weight excluding hydrogens is 264 g/mol. The molecule has 2 N–H and O–H groups in total. The Morgan fingerprint density at radius 2 is 2.05 bits per heavy atom. The van der Waals surface area contributed by atoms with Crippen LogP contribution in [0.5, 0.6) is 0 Å². The van der Waals surface area contributed by atoms with Crippen molar-refractivity contribution in [3.63, 3.8) is 0 Å². The first kappa shape index (κ1) is 16.0. The second-order valence-electron chi connectivity index (χ2n) is 7.44. The van der Waals surface area contributed by atoms with Crippen LogP contribution in [-0.2, 0) is 12.0 Å². The van der Waals surface area contributed by atoms with E-state index in [1.807, 2.05) is 11.3 Å². The highest BCUT2D eigenvalue weighted by atomic mass is 32.1. The first-order valence-electron chi connectivity index (χ1n) is 8.10. The lowest BCUT2D eigenvalue weighted by Crippen LogP contribution is -2.40. The van der Waals surface area contributed by atoms with Crippen LogP contribution < -0.4 is 5.73 Å². The molecule has 0 amide bonds. The summed E-state index contributed by atoms with van der Waals surface area (Å²) in [6, 6.07) is 0. The van der Waals surface area contributed by atoms with Crippen molar-refractivity contribution >= 4 is 11.3 Å². The molecule has 0 saturated heterocycles. The second kappa shape index (κ2) is 6.15. The minimum Gasteiger partial charge on any atom is -0.319 e. The maximum Gasteiger partial charge on any atom is 0.113 e. The molecule has 3 heteroatoms. The maximum absolute atomic E-state index is 6.73. The van der Waals surface area contributed by atoms with Gasteiger partial charge in [-0.05, 0) is 37.0 Å². The lowest BCUT2D eigenvalue weighted by molar-refractivity contribution is 0.238. The Bertz CT molecular complexity index is 450. The van der Waals surface area contributed by atoms with E-state index in [0.29, 0.717) is 11.8 Å². The molecule has 1 aliphatic rings.